The first-order valence-electron chi connectivity index (χ1n) is 13.2. The van der Waals surface area contributed by atoms with Gasteiger partial charge in [-0.25, -0.2) is 4.79 Å². The van der Waals surface area contributed by atoms with Gasteiger partial charge in [-0.15, -0.1) is 0 Å². The Bertz CT molecular complexity index is 1350. The van der Waals surface area contributed by atoms with Crippen molar-refractivity contribution in [2.24, 2.45) is 5.92 Å². The fourth-order valence-electron chi connectivity index (χ4n) is 5.60. The van der Waals surface area contributed by atoms with Crippen LogP contribution in [-0.2, 0) is 12.2 Å². The molecule has 0 saturated carbocycles. The molecule has 2 heterocycles. The predicted octanol–water partition coefficient (Wildman–Crippen LogP) is 5.58. The molecule has 0 unspecified atom stereocenters. The molecule has 0 bridgehead atoms. The third kappa shape index (κ3) is 5.39. The number of nitrogens with one attached hydrogen (secondary N) is 2. The largest absolute Gasteiger partial charge is 0.392 e. The summed E-state index contributed by atoms with van der Waals surface area (Å²) in [6, 6.07) is 24.9. The van der Waals surface area contributed by atoms with Gasteiger partial charge < -0.3 is 30.3 Å². The van der Waals surface area contributed by atoms with Gasteiger partial charge in [-0.2, -0.15) is 0 Å². The Kier molecular flexibility index (Phi) is 7.67. The van der Waals surface area contributed by atoms with Crippen molar-refractivity contribution in [3.63, 3.8) is 0 Å². The molecule has 8 nitrogen and oxygen atoms in total. The van der Waals surface area contributed by atoms with Crippen LogP contribution >= 0.6 is 0 Å². The first-order chi connectivity index (χ1) is 18.9. The number of piperidine rings is 1. The number of anilines is 3. The van der Waals surface area contributed by atoms with Crippen LogP contribution in [0.2, 0.25) is 0 Å². The van der Waals surface area contributed by atoms with Crippen LogP contribution in [0.15, 0.2) is 83.4 Å². The highest BCUT2D eigenvalue weighted by Gasteiger charge is 2.41. The monoisotopic (exact) mass is 526 g/mol. The molecule has 1 aliphatic heterocycles. The van der Waals surface area contributed by atoms with Crippen LogP contribution in [-0.4, -0.2) is 34.5 Å². The molecular formula is C31H34N4O4. The molecule has 4 N–H and O–H groups in total. The second-order valence-electron chi connectivity index (χ2n) is 10.0. The average molecular weight is 527 g/mol. The van der Waals surface area contributed by atoms with Gasteiger partial charge in [0.15, 0.2) is 5.76 Å². The summed E-state index contributed by atoms with van der Waals surface area (Å²) in [5.74, 6) is 0.564. The van der Waals surface area contributed by atoms with Crippen molar-refractivity contribution >= 4 is 23.1 Å². The Morgan fingerprint density at radius 2 is 1.59 bits per heavy atom. The molecule has 4 aromatic rings. The number of nitrogens with zero attached hydrogens (tertiary/aromatic N) is 2. The lowest BCUT2D eigenvalue weighted by Crippen LogP contribution is -2.44. The zero-order chi connectivity index (χ0) is 27.4. The van der Waals surface area contributed by atoms with Crippen molar-refractivity contribution in [1.82, 2.24) is 5.16 Å². The maximum Gasteiger partial charge on any atom is 0.323 e. The van der Waals surface area contributed by atoms with Crippen molar-refractivity contribution in [2.45, 2.75) is 38.9 Å². The Morgan fingerprint density at radius 1 is 0.974 bits per heavy atom. The molecular weight excluding hydrogens is 492 g/mol. The molecule has 1 fully saturated rings. The van der Waals surface area contributed by atoms with E-state index in [0.29, 0.717) is 22.8 Å². The van der Waals surface area contributed by atoms with Crippen LogP contribution < -0.4 is 15.5 Å². The summed E-state index contributed by atoms with van der Waals surface area (Å²) in [5, 5.41) is 31.8. The van der Waals surface area contributed by atoms with E-state index in [9.17, 15) is 15.0 Å². The normalized spacial score (nSPS) is 14.3. The quantitative estimate of drug-likeness (QED) is 0.250. The fraction of sp³-hybridized carbons (Fsp3) is 0.290. The van der Waals surface area contributed by atoms with Gasteiger partial charge in [-0.05, 0) is 61.9 Å². The fourth-order valence-corrected chi connectivity index (χ4v) is 5.60. The van der Waals surface area contributed by atoms with E-state index in [1.165, 1.54) is 0 Å². The second kappa shape index (κ2) is 11.3. The number of urea groups is 1. The van der Waals surface area contributed by atoms with Gasteiger partial charge >= 0.3 is 6.03 Å². The maximum absolute atomic E-state index is 12.5. The van der Waals surface area contributed by atoms with Gasteiger partial charge in [0.05, 0.1) is 6.61 Å². The highest BCUT2D eigenvalue weighted by molar-refractivity contribution is 6.00. The summed E-state index contributed by atoms with van der Waals surface area (Å²) < 4.78 is 5.10. The Morgan fingerprint density at radius 3 is 2.13 bits per heavy atom. The first-order valence-corrected chi connectivity index (χ1v) is 13.2. The number of aliphatic hydroxyl groups is 2. The summed E-state index contributed by atoms with van der Waals surface area (Å²) >= 11 is 0. The summed E-state index contributed by atoms with van der Waals surface area (Å²) in [5.41, 5.74) is 4.08. The number of hydrogen-bond donors (Lipinski definition) is 4. The van der Waals surface area contributed by atoms with Gasteiger partial charge in [-0.3, -0.25) is 0 Å². The minimum atomic E-state index is -1.09. The van der Waals surface area contributed by atoms with Crippen molar-refractivity contribution in [1.29, 1.82) is 0 Å². The summed E-state index contributed by atoms with van der Waals surface area (Å²) in [7, 11) is 0. The highest BCUT2D eigenvalue weighted by atomic mass is 16.5. The molecule has 202 valence electrons. The zero-order valence-electron chi connectivity index (χ0n) is 22.2. The molecule has 0 aliphatic carbocycles. The average Bonchev–Trinajstić information content (AvgIpc) is 3.29. The van der Waals surface area contributed by atoms with Crippen LogP contribution in [0.1, 0.15) is 41.0 Å². The van der Waals surface area contributed by atoms with Crippen LogP contribution in [0.5, 0.6) is 0 Å². The minimum absolute atomic E-state index is 0.0325. The van der Waals surface area contributed by atoms with Gasteiger partial charge in [0, 0.05) is 30.0 Å². The lowest BCUT2D eigenvalue weighted by Gasteiger charge is -2.43. The lowest BCUT2D eigenvalue weighted by molar-refractivity contribution is 0.00503. The topological polar surface area (TPSA) is 111 Å². The molecule has 2 amide bonds. The molecule has 0 atom stereocenters. The Balaban J connectivity index is 1.30. The molecule has 1 aliphatic rings. The summed E-state index contributed by atoms with van der Waals surface area (Å²) in [4.78, 5) is 14.8. The number of aromatic nitrogens is 1. The standard InChI is InChI=1S/C31H34N4O4/c1-21-29(22(2)39-34-21)33-30(37)32-27-13-14-28(23(19-27)20-36)35-17-15-26(16-18-35)31(38,24-9-5-3-6-10-24)25-11-7-4-8-12-25/h3-14,19,26,36,38H,15-18,20H2,1-2H3,(H2,32,33,37). The minimum Gasteiger partial charge on any atom is -0.392 e. The number of rotatable bonds is 7. The number of amides is 2. The van der Waals surface area contributed by atoms with Gasteiger partial charge in [0.2, 0.25) is 0 Å². The third-order valence-electron chi connectivity index (χ3n) is 7.63. The number of hydrogen-bond acceptors (Lipinski definition) is 6. The van der Waals surface area contributed by atoms with E-state index in [1.807, 2.05) is 72.8 Å². The van der Waals surface area contributed by atoms with Crippen LogP contribution in [0.4, 0.5) is 21.9 Å². The highest BCUT2D eigenvalue weighted by Crippen LogP contribution is 2.43. The van der Waals surface area contributed by atoms with Gasteiger partial charge in [0.1, 0.15) is 17.0 Å². The van der Waals surface area contributed by atoms with Crippen molar-refractivity contribution < 1.29 is 19.5 Å². The van der Waals surface area contributed by atoms with Crippen LogP contribution in [0.3, 0.4) is 0 Å². The second-order valence-corrected chi connectivity index (χ2v) is 10.0. The zero-order valence-corrected chi connectivity index (χ0v) is 22.2. The summed E-state index contributed by atoms with van der Waals surface area (Å²) in [6.45, 7) is 4.80. The number of aliphatic hydroxyl groups excluding tert-OH is 1. The molecule has 39 heavy (non-hydrogen) atoms. The molecule has 5 rings (SSSR count). The van der Waals surface area contributed by atoms with E-state index in [2.05, 4.69) is 20.7 Å². The smallest absolute Gasteiger partial charge is 0.323 e. The number of benzene rings is 3. The third-order valence-corrected chi connectivity index (χ3v) is 7.63. The van der Waals surface area contributed by atoms with Crippen LogP contribution in [0.25, 0.3) is 0 Å². The maximum atomic E-state index is 12.5. The van der Waals surface area contributed by atoms with Crippen molar-refractivity contribution in [3.8, 4) is 0 Å². The lowest BCUT2D eigenvalue weighted by atomic mass is 9.72. The van der Waals surface area contributed by atoms with E-state index in [-0.39, 0.29) is 12.5 Å². The van der Waals surface area contributed by atoms with E-state index >= 15 is 0 Å². The van der Waals surface area contributed by atoms with Crippen LogP contribution in [0, 0.1) is 19.8 Å². The van der Waals surface area contributed by atoms with E-state index in [4.69, 9.17) is 4.52 Å². The van der Waals surface area contributed by atoms with E-state index in [1.54, 1.807) is 19.9 Å². The Labute approximate surface area is 228 Å². The van der Waals surface area contributed by atoms with Crippen molar-refractivity contribution in [2.75, 3.05) is 28.6 Å². The Hall–Kier alpha value is -4.14. The van der Waals surface area contributed by atoms with E-state index in [0.717, 1.165) is 48.3 Å². The molecule has 1 saturated heterocycles. The van der Waals surface area contributed by atoms with Crippen molar-refractivity contribution in [3.05, 3.63) is 107 Å². The first kappa shape index (κ1) is 26.5. The van der Waals surface area contributed by atoms with Gasteiger partial charge in [0.25, 0.3) is 0 Å². The summed E-state index contributed by atoms with van der Waals surface area (Å²) in [6.07, 6.45) is 1.57. The number of aryl methyl sites for hydroxylation is 2. The molecule has 0 radical (unpaired) electrons. The van der Waals surface area contributed by atoms with E-state index < -0.39 is 11.6 Å². The number of carbonyl (C=O) groups excluding carboxylic acids is 1. The number of carbonyl (C=O) groups is 1. The predicted molar refractivity (Wildman–Crippen MR) is 152 cm³/mol. The molecule has 3 aromatic carbocycles. The molecule has 8 heteroatoms. The van der Waals surface area contributed by atoms with Gasteiger partial charge in [-0.1, -0.05) is 65.8 Å². The molecule has 1 aromatic heterocycles. The molecule has 0 spiro atoms. The SMILES string of the molecule is Cc1noc(C)c1NC(=O)Nc1ccc(N2CCC(C(O)(c3ccccc3)c3ccccc3)CC2)c(CO)c1.